The van der Waals surface area contributed by atoms with Crippen LogP contribution in [0.15, 0.2) is 187 Å². The molecule has 0 unspecified atom stereocenters. The number of hydrogen-bond donors (Lipinski definition) is 0. The lowest BCUT2D eigenvalue weighted by Crippen LogP contribution is -2.68. The van der Waals surface area contributed by atoms with E-state index in [0.29, 0.717) is 38.0 Å². The Morgan fingerprint density at radius 2 is 0.923 bits per heavy atom. The Balaban J connectivity index is 0.875. The molecule has 554 valence electrons. The van der Waals surface area contributed by atoms with Crippen LogP contribution in [0.4, 0.5) is 4.79 Å². The van der Waals surface area contributed by atoms with Gasteiger partial charge in [0.1, 0.15) is 92.0 Å². The summed E-state index contributed by atoms with van der Waals surface area (Å²) in [5.41, 5.74) is 15.8. The molecule has 14 rings (SSSR count). The number of azide groups is 1. The minimum absolute atomic E-state index is 0.00148. The highest BCUT2D eigenvalue weighted by molar-refractivity contribution is 5.89. The Hall–Kier alpha value is -7.15. The third-order valence-electron chi connectivity index (χ3n) is 21.9. The number of benzene rings is 6. The van der Waals surface area contributed by atoms with E-state index in [4.69, 9.17) is 75.8 Å². The highest BCUT2D eigenvalue weighted by atomic mass is 16.8. The van der Waals surface area contributed by atoms with Gasteiger partial charge in [-0.1, -0.05) is 215 Å². The molecule has 0 amide bonds. The molecule has 21 nitrogen and oxygen atoms in total. The van der Waals surface area contributed by atoms with Crippen LogP contribution in [0.2, 0.25) is 0 Å². The Bertz CT molecular complexity index is 3680. The monoisotopic (exact) mass is 1430 g/mol. The maximum atomic E-state index is 15.1. The van der Waals surface area contributed by atoms with Gasteiger partial charge in [0.15, 0.2) is 30.3 Å². The van der Waals surface area contributed by atoms with E-state index in [-0.39, 0.29) is 57.0 Å². The lowest BCUT2D eigenvalue weighted by molar-refractivity contribution is -0.369. The Morgan fingerprint density at radius 1 is 0.481 bits per heavy atom. The standard InChI is InChI=1S/C83H99N3O18/c1-54(2)62-41-40-55(3)46-63(62)97-81(88)100-72-71(73-75(103-82(101-73)42-24-10-25-43-82)76-74(72)102-83(104-76)44-26-11-27-45-83)99-79-66(85-86-84)69(91-49-58-32-16-6-17-33-58)68(65(95-79)53-94-78(87)61-38-22-9-23-39-61)98-80-77(93-51-60-36-20-8-21-37-60)70(92-50-59-34-18-7-19-35-59)67(90-48-57-30-14-5-15-31-57)64(96-80)52-89-47-56-28-12-4-13-29-56/h4-9,12-23,28-39,54-55,62-77,79-80H,10-11,24-27,40-53H2,1-3H3/t55-,62+,63-,64-,65-,66-,67-,68-,69-,70+,71+,72+,73-,74+,75+,76+,77+,79-,80-/m1/s1. The molecule has 0 bridgehead atoms. The topological polar surface area (TPSA) is 231 Å². The van der Waals surface area contributed by atoms with Crippen molar-refractivity contribution < 1.29 is 85.4 Å². The summed E-state index contributed by atoms with van der Waals surface area (Å²) in [6.07, 6.45) is -7.66. The van der Waals surface area contributed by atoms with Gasteiger partial charge in [-0.3, -0.25) is 0 Å². The zero-order valence-corrected chi connectivity index (χ0v) is 59.7. The Kier molecular flexibility index (Phi) is 24.9. The van der Waals surface area contributed by atoms with E-state index in [1.54, 1.807) is 24.3 Å². The van der Waals surface area contributed by atoms with E-state index in [0.717, 1.165) is 79.2 Å². The molecule has 0 aromatic heterocycles. The van der Waals surface area contributed by atoms with Crippen molar-refractivity contribution in [2.45, 2.75) is 253 Å². The molecule has 6 aromatic carbocycles. The fraction of sp³-hybridized carbons (Fsp3) is 0.542. The molecule has 4 heterocycles. The molecule has 0 N–H and O–H groups in total. The molecule has 8 fully saturated rings. The molecule has 4 aliphatic carbocycles. The van der Waals surface area contributed by atoms with Crippen molar-refractivity contribution in [2.24, 2.45) is 22.9 Å². The number of hydrogen-bond acceptors (Lipinski definition) is 19. The minimum Gasteiger partial charge on any atom is -0.459 e. The van der Waals surface area contributed by atoms with Crippen LogP contribution in [-0.2, 0) is 109 Å². The molecule has 4 saturated carbocycles. The van der Waals surface area contributed by atoms with Gasteiger partial charge in [-0.25, -0.2) is 9.59 Å². The fourth-order valence-electron chi connectivity index (χ4n) is 16.6. The number of fused-ring (bicyclic) bond motifs is 3. The van der Waals surface area contributed by atoms with Crippen molar-refractivity contribution >= 4 is 12.1 Å². The van der Waals surface area contributed by atoms with Crippen LogP contribution in [0, 0.1) is 17.8 Å². The second kappa shape index (κ2) is 35.1. The largest absolute Gasteiger partial charge is 0.509 e. The van der Waals surface area contributed by atoms with Crippen LogP contribution in [0.25, 0.3) is 10.4 Å². The summed E-state index contributed by atoms with van der Waals surface area (Å²) in [7, 11) is 0. The predicted octanol–water partition coefficient (Wildman–Crippen LogP) is 15.2. The van der Waals surface area contributed by atoms with Crippen LogP contribution in [0.1, 0.15) is 142 Å². The zero-order valence-electron chi connectivity index (χ0n) is 59.7. The van der Waals surface area contributed by atoms with Crippen LogP contribution in [-0.4, -0.2) is 141 Å². The summed E-state index contributed by atoms with van der Waals surface area (Å²) in [4.78, 5) is 33.1. The molecule has 2 spiro atoms. The van der Waals surface area contributed by atoms with Crippen molar-refractivity contribution in [1.82, 2.24) is 0 Å². The summed E-state index contributed by atoms with van der Waals surface area (Å²) in [5, 5.41) is 4.59. The van der Waals surface area contributed by atoms with Crippen molar-refractivity contribution in [2.75, 3.05) is 13.2 Å². The highest BCUT2D eigenvalue weighted by Gasteiger charge is 2.69. The van der Waals surface area contributed by atoms with Crippen molar-refractivity contribution in [3.63, 3.8) is 0 Å². The maximum absolute atomic E-state index is 15.1. The molecule has 19 atom stereocenters. The molecule has 21 heteroatoms. The molecule has 4 aliphatic heterocycles. The lowest BCUT2D eigenvalue weighted by Gasteiger charge is -2.50. The predicted molar refractivity (Wildman–Crippen MR) is 381 cm³/mol. The first-order chi connectivity index (χ1) is 51.0. The van der Waals surface area contributed by atoms with Gasteiger partial charge in [-0.2, -0.15) is 0 Å². The first-order valence-electron chi connectivity index (χ1n) is 37.7. The second-order valence-electron chi connectivity index (χ2n) is 29.6. The summed E-state index contributed by atoms with van der Waals surface area (Å²) < 4.78 is 114. The van der Waals surface area contributed by atoms with E-state index in [1.807, 2.05) is 158 Å². The summed E-state index contributed by atoms with van der Waals surface area (Å²) in [6.45, 7) is 6.62. The summed E-state index contributed by atoms with van der Waals surface area (Å²) >= 11 is 0. The highest BCUT2D eigenvalue weighted by Crippen LogP contribution is 2.54. The third-order valence-corrected chi connectivity index (χ3v) is 21.9. The van der Waals surface area contributed by atoms with E-state index in [2.05, 4.69) is 30.8 Å². The Labute approximate surface area is 609 Å². The number of esters is 1. The third kappa shape index (κ3) is 17.9. The van der Waals surface area contributed by atoms with Gasteiger partial charge < -0.3 is 75.8 Å². The van der Waals surface area contributed by atoms with Gasteiger partial charge in [0.05, 0.1) is 45.2 Å². The molecular formula is C83H99N3O18. The molecule has 4 saturated heterocycles. The number of carbonyl (C=O) groups excluding carboxylic acids is 2. The number of nitrogens with zero attached hydrogens (tertiary/aromatic N) is 3. The van der Waals surface area contributed by atoms with E-state index >= 15 is 4.79 Å². The van der Waals surface area contributed by atoms with Crippen LogP contribution >= 0.6 is 0 Å². The van der Waals surface area contributed by atoms with Crippen molar-refractivity contribution in [3.05, 3.63) is 226 Å². The zero-order chi connectivity index (χ0) is 71.2. The molecular weight excluding hydrogens is 1330 g/mol. The van der Waals surface area contributed by atoms with Gasteiger partial charge in [-0.05, 0) is 102 Å². The minimum atomic E-state index is -1.59. The van der Waals surface area contributed by atoms with Crippen LogP contribution < -0.4 is 0 Å². The molecule has 104 heavy (non-hydrogen) atoms. The fourth-order valence-corrected chi connectivity index (χ4v) is 16.6. The lowest BCUT2D eigenvalue weighted by atomic mass is 9.75. The SMILES string of the molecule is CC(C)[C@@H]1CC[C@@H](C)C[C@H]1OC(=O)O[C@H]1[C@H](O[C@H]2O[C@H](COC(=O)c3ccccc3)[C@@H](O[C@H]3O[C@H](COCc4ccccc4)[C@@H](OCc4ccccc4)[C@H](OCc4ccccc4)[C@@H]3OCc3ccccc3)[C@H](OCc3ccccc3)[C@H]2N=[N+]=[N-])[C@H]2OC3(CCCCC3)O[C@@H]2[C@H]2OC3(CCCCC3)O[C@@H]12. The van der Waals surface area contributed by atoms with Crippen LogP contribution in [0.3, 0.4) is 0 Å². The van der Waals surface area contributed by atoms with Crippen molar-refractivity contribution in [1.29, 1.82) is 0 Å². The summed E-state index contributed by atoms with van der Waals surface area (Å²) in [6, 6.07) is 56.1. The van der Waals surface area contributed by atoms with E-state index < -0.39 is 134 Å². The quantitative estimate of drug-likeness (QED) is 0.0202. The Morgan fingerprint density at radius 3 is 1.44 bits per heavy atom. The second-order valence-corrected chi connectivity index (χ2v) is 29.6. The first-order valence-corrected chi connectivity index (χ1v) is 37.7. The van der Waals surface area contributed by atoms with E-state index in [9.17, 15) is 10.3 Å². The van der Waals surface area contributed by atoms with Gasteiger partial charge in [-0.15, -0.1) is 0 Å². The van der Waals surface area contributed by atoms with Gasteiger partial charge in [0.2, 0.25) is 0 Å². The maximum Gasteiger partial charge on any atom is 0.509 e. The molecule has 0 radical (unpaired) electrons. The number of ether oxygens (including phenoxy) is 16. The normalized spacial score (nSPS) is 32.0. The average molecular weight is 1430 g/mol. The van der Waals surface area contributed by atoms with Crippen molar-refractivity contribution in [3.8, 4) is 0 Å². The van der Waals surface area contributed by atoms with Crippen LogP contribution in [0.5, 0.6) is 0 Å². The average Bonchev–Trinajstić information content (AvgIpc) is 1.55. The van der Waals surface area contributed by atoms with Gasteiger partial charge in [0, 0.05) is 30.6 Å². The first kappa shape index (κ1) is 73.7. The van der Waals surface area contributed by atoms with Gasteiger partial charge >= 0.3 is 12.1 Å². The van der Waals surface area contributed by atoms with E-state index in [1.165, 1.54) is 0 Å². The number of rotatable bonds is 27. The summed E-state index contributed by atoms with van der Waals surface area (Å²) in [5.74, 6) is -2.04. The van der Waals surface area contributed by atoms with Gasteiger partial charge in [0.25, 0.3) is 0 Å². The number of carbonyl (C=O) groups is 2. The molecule has 6 aromatic rings. The smallest absolute Gasteiger partial charge is 0.459 e. The molecule has 8 aliphatic rings.